The van der Waals surface area contributed by atoms with Crippen molar-refractivity contribution >= 4 is 33.3 Å². The standard InChI is InChI=1S/C43H35NO/c1-25(2)27-19-21-29-30-22-20-28(26(3)4)24-36(30)43(35(29)23-27)33-13-7-5-11-31(33)41-34(43)14-9-15-37(41)44-38-16-10-18-40-42(38)32-12-6-8-17-39(32)45-40/h5-26,44H,1-4H3. The van der Waals surface area contributed by atoms with Gasteiger partial charge in [-0.2, -0.15) is 0 Å². The maximum Gasteiger partial charge on any atom is 0.137 e. The lowest BCUT2D eigenvalue weighted by atomic mass is 9.69. The summed E-state index contributed by atoms with van der Waals surface area (Å²) in [5.41, 5.74) is 17.1. The van der Waals surface area contributed by atoms with Crippen LogP contribution < -0.4 is 5.32 Å². The van der Waals surface area contributed by atoms with Crippen LogP contribution in [0.5, 0.6) is 0 Å². The predicted molar refractivity (Wildman–Crippen MR) is 188 cm³/mol. The summed E-state index contributed by atoms with van der Waals surface area (Å²) in [4.78, 5) is 0. The summed E-state index contributed by atoms with van der Waals surface area (Å²) < 4.78 is 6.25. The number of hydrogen-bond donors (Lipinski definition) is 1. The van der Waals surface area contributed by atoms with Crippen molar-refractivity contribution in [2.75, 3.05) is 5.32 Å². The van der Waals surface area contributed by atoms with Gasteiger partial charge in [-0.15, -0.1) is 0 Å². The molecule has 1 N–H and O–H groups in total. The lowest BCUT2D eigenvalue weighted by molar-refractivity contribution is 0.669. The summed E-state index contributed by atoms with van der Waals surface area (Å²) in [6, 6.07) is 45.0. The molecule has 0 bridgehead atoms. The van der Waals surface area contributed by atoms with E-state index in [2.05, 4.69) is 142 Å². The number of benzene rings is 6. The van der Waals surface area contributed by atoms with Gasteiger partial charge in [0.1, 0.15) is 11.2 Å². The minimum Gasteiger partial charge on any atom is -0.456 e. The van der Waals surface area contributed by atoms with Crippen LogP contribution in [0, 0.1) is 0 Å². The molecule has 45 heavy (non-hydrogen) atoms. The molecule has 2 nitrogen and oxygen atoms in total. The van der Waals surface area contributed by atoms with Crippen LogP contribution in [-0.4, -0.2) is 0 Å². The minimum absolute atomic E-state index is 0.390. The van der Waals surface area contributed by atoms with Crippen molar-refractivity contribution in [3.63, 3.8) is 0 Å². The van der Waals surface area contributed by atoms with E-state index in [1.54, 1.807) is 0 Å². The quantitative estimate of drug-likeness (QED) is 0.224. The molecule has 2 heteroatoms. The molecule has 0 saturated heterocycles. The Balaban J connectivity index is 1.35. The van der Waals surface area contributed by atoms with Gasteiger partial charge in [0.05, 0.1) is 16.5 Å². The molecule has 2 aliphatic rings. The van der Waals surface area contributed by atoms with Crippen molar-refractivity contribution in [3.05, 3.63) is 155 Å². The zero-order valence-corrected chi connectivity index (χ0v) is 26.1. The number of anilines is 2. The van der Waals surface area contributed by atoms with Crippen LogP contribution in [0.1, 0.15) is 72.9 Å². The molecule has 7 aromatic rings. The smallest absolute Gasteiger partial charge is 0.137 e. The molecule has 1 heterocycles. The van der Waals surface area contributed by atoms with E-state index in [1.807, 2.05) is 12.1 Å². The lowest BCUT2D eigenvalue weighted by Crippen LogP contribution is -2.26. The van der Waals surface area contributed by atoms with Crippen molar-refractivity contribution in [2.45, 2.75) is 44.9 Å². The van der Waals surface area contributed by atoms with Crippen LogP contribution >= 0.6 is 0 Å². The van der Waals surface area contributed by atoms with E-state index in [0.717, 1.165) is 33.3 Å². The summed E-state index contributed by atoms with van der Waals surface area (Å²) in [5.74, 6) is 0.883. The Morgan fingerprint density at radius 1 is 0.511 bits per heavy atom. The largest absolute Gasteiger partial charge is 0.456 e. The Morgan fingerprint density at radius 3 is 1.84 bits per heavy atom. The average Bonchev–Trinajstić information content (AvgIpc) is 3.69. The normalized spacial score (nSPS) is 13.9. The first kappa shape index (κ1) is 26.3. The Kier molecular flexibility index (Phi) is 5.54. The number of hydrogen-bond acceptors (Lipinski definition) is 2. The van der Waals surface area contributed by atoms with E-state index < -0.39 is 5.41 Å². The van der Waals surface area contributed by atoms with Crippen molar-refractivity contribution in [1.82, 2.24) is 0 Å². The average molecular weight is 582 g/mol. The summed E-state index contributed by atoms with van der Waals surface area (Å²) in [6.07, 6.45) is 0. The fourth-order valence-corrected chi connectivity index (χ4v) is 8.11. The third-order valence-electron chi connectivity index (χ3n) is 10.3. The molecule has 6 aromatic carbocycles. The molecule has 0 radical (unpaired) electrons. The van der Waals surface area contributed by atoms with E-state index in [0.29, 0.717) is 11.8 Å². The number of furan rings is 1. The second kappa shape index (κ2) is 9.46. The van der Waals surface area contributed by atoms with Crippen molar-refractivity contribution < 1.29 is 4.42 Å². The van der Waals surface area contributed by atoms with Gasteiger partial charge in [0, 0.05) is 16.6 Å². The molecule has 0 unspecified atom stereocenters. The van der Waals surface area contributed by atoms with E-state index in [4.69, 9.17) is 4.42 Å². The van der Waals surface area contributed by atoms with Gasteiger partial charge < -0.3 is 9.73 Å². The molecule has 9 rings (SSSR count). The molecular weight excluding hydrogens is 546 g/mol. The summed E-state index contributed by atoms with van der Waals surface area (Å²) in [7, 11) is 0. The molecule has 0 atom stereocenters. The number of para-hydroxylation sites is 1. The molecule has 218 valence electrons. The van der Waals surface area contributed by atoms with Crippen molar-refractivity contribution in [1.29, 1.82) is 0 Å². The van der Waals surface area contributed by atoms with Gasteiger partial charge in [-0.05, 0) is 86.2 Å². The molecule has 0 amide bonds. The number of nitrogens with one attached hydrogen (secondary N) is 1. The van der Waals surface area contributed by atoms with E-state index in [1.165, 1.54) is 55.6 Å². The summed E-state index contributed by atoms with van der Waals surface area (Å²) in [5, 5.41) is 6.16. The van der Waals surface area contributed by atoms with E-state index in [9.17, 15) is 0 Å². The first-order valence-electron chi connectivity index (χ1n) is 16.2. The molecule has 1 aromatic heterocycles. The Morgan fingerprint density at radius 2 is 1.11 bits per heavy atom. The monoisotopic (exact) mass is 581 g/mol. The fraction of sp³-hybridized carbons (Fsp3) is 0.163. The second-order valence-electron chi connectivity index (χ2n) is 13.3. The zero-order chi connectivity index (χ0) is 30.4. The third-order valence-corrected chi connectivity index (χ3v) is 10.3. The lowest BCUT2D eigenvalue weighted by Gasteiger charge is -2.31. The van der Waals surface area contributed by atoms with Crippen molar-refractivity contribution in [2.24, 2.45) is 0 Å². The van der Waals surface area contributed by atoms with Gasteiger partial charge in [0.25, 0.3) is 0 Å². The number of fused-ring (bicyclic) bond motifs is 13. The van der Waals surface area contributed by atoms with E-state index in [-0.39, 0.29) is 0 Å². The molecule has 0 fully saturated rings. The van der Waals surface area contributed by atoms with Gasteiger partial charge in [0.2, 0.25) is 0 Å². The van der Waals surface area contributed by atoms with Crippen molar-refractivity contribution in [3.8, 4) is 22.3 Å². The van der Waals surface area contributed by atoms with Crippen LogP contribution in [0.25, 0.3) is 44.2 Å². The second-order valence-corrected chi connectivity index (χ2v) is 13.3. The summed E-state index contributed by atoms with van der Waals surface area (Å²) in [6.45, 7) is 9.19. The first-order valence-corrected chi connectivity index (χ1v) is 16.2. The molecule has 0 aliphatic heterocycles. The van der Waals surface area contributed by atoms with Crippen LogP contribution in [0.2, 0.25) is 0 Å². The highest BCUT2D eigenvalue weighted by Crippen LogP contribution is 2.64. The van der Waals surface area contributed by atoms with Crippen LogP contribution in [0.15, 0.2) is 126 Å². The SMILES string of the molecule is CC(C)c1ccc2c(c1)C1(c3cc(C(C)C)ccc3-2)c2ccccc2-c2c(Nc3cccc4oc5ccccc5c34)cccc21. The van der Waals surface area contributed by atoms with Crippen LogP contribution in [0.3, 0.4) is 0 Å². The molecule has 0 saturated carbocycles. The highest BCUT2D eigenvalue weighted by Gasteiger charge is 2.52. The molecule has 2 aliphatic carbocycles. The van der Waals surface area contributed by atoms with Gasteiger partial charge >= 0.3 is 0 Å². The maximum atomic E-state index is 6.25. The first-order chi connectivity index (χ1) is 22.0. The third kappa shape index (κ3) is 3.51. The Labute approximate surface area is 264 Å². The Bertz CT molecular complexity index is 2260. The summed E-state index contributed by atoms with van der Waals surface area (Å²) >= 11 is 0. The topological polar surface area (TPSA) is 25.2 Å². The Hall–Kier alpha value is -5.08. The zero-order valence-electron chi connectivity index (χ0n) is 26.1. The van der Waals surface area contributed by atoms with Crippen LogP contribution in [0.4, 0.5) is 11.4 Å². The van der Waals surface area contributed by atoms with Gasteiger partial charge in [-0.1, -0.05) is 125 Å². The number of rotatable bonds is 4. The van der Waals surface area contributed by atoms with E-state index >= 15 is 0 Å². The van der Waals surface area contributed by atoms with Crippen LogP contribution in [-0.2, 0) is 5.41 Å². The predicted octanol–water partition coefficient (Wildman–Crippen LogP) is 11.9. The minimum atomic E-state index is -0.390. The van der Waals surface area contributed by atoms with Gasteiger partial charge in [0.15, 0.2) is 0 Å². The highest BCUT2D eigenvalue weighted by atomic mass is 16.3. The maximum absolute atomic E-state index is 6.25. The van der Waals surface area contributed by atoms with Gasteiger partial charge in [-0.25, -0.2) is 0 Å². The highest BCUT2D eigenvalue weighted by molar-refractivity contribution is 6.12. The molecular formula is C43H35NO. The molecule has 1 spiro atoms. The fourth-order valence-electron chi connectivity index (χ4n) is 8.11. The van der Waals surface area contributed by atoms with Gasteiger partial charge in [-0.3, -0.25) is 0 Å².